The number of aliphatic hydroxyl groups excluding tert-OH is 1. The Hall–Kier alpha value is -0.960. The van der Waals surface area contributed by atoms with Gasteiger partial charge >= 0.3 is 0 Å². The summed E-state index contributed by atoms with van der Waals surface area (Å²) < 4.78 is 27.5. The lowest BCUT2D eigenvalue weighted by molar-refractivity contribution is 0.103. The lowest BCUT2D eigenvalue weighted by atomic mass is 9.81. The Morgan fingerprint density at radius 2 is 1.88 bits per heavy atom. The molecule has 0 spiro atoms. The highest BCUT2D eigenvalue weighted by atomic mass is 19.1. The van der Waals surface area contributed by atoms with Gasteiger partial charge in [-0.15, -0.1) is 0 Å². The molecule has 1 saturated carbocycles. The molecule has 16 heavy (non-hydrogen) atoms. The van der Waals surface area contributed by atoms with E-state index in [0.717, 1.165) is 12.8 Å². The smallest absolute Gasteiger partial charge is 0.132 e. The molecule has 1 N–H and O–H groups in total. The van der Waals surface area contributed by atoms with Crippen molar-refractivity contribution in [1.29, 1.82) is 0 Å². The number of hydrogen-bond donors (Lipinski definition) is 1. The van der Waals surface area contributed by atoms with Crippen LogP contribution in [0.1, 0.15) is 42.7 Å². The Morgan fingerprint density at radius 3 is 2.56 bits per heavy atom. The SMILES string of the molecule is Cc1ccc(F)c(C2CCCCC2O)c1F. The van der Waals surface area contributed by atoms with Gasteiger partial charge in [0.05, 0.1) is 6.10 Å². The minimum absolute atomic E-state index is 0.0761. The summed E-state index contributed by atoms with van der Waals surface area (Å²) in [5.74, 6) is -1.41. The predicted molar refractivity (Wildman–Crippen MR) is 58.3 cm³/mol. The Labute approximate surface area is 94.1 Å². The van der Waals surface area contributed by atoms with Crippen LogP contribution in [0.4, 0.5) is 8.78 Å². The number of benzene rings is 1. The average molecular weight is 226 g/mol. The van der Waals surface area contributed by atoms with E-state index in [0.29, 0.717) is 18.4 Å². The van der Waals surface area contributed by atoms with Crippen molar-refractivity contribution in [2.75, 3.05) is 0 Å². The molecule has 2 unspecified atom stereocenters. The Morgan fingerprint density at radius 1 is 1.19 bits per heavy atom. The Bertz CT molecular complexity index is 390. The molecule has 2 atom stereocenters. The first-order valence-corrected chi connectivity index (χ1v) is 5.74. The van der Waals surface area contributed by atoms with E-state index < -0.39 is 17.7 Å². The van der Waals surface area contributed by atoms with Gasteiger partial charge < -0.3 is 5.11 Å². The minimum atomic E-state index is -0.612. The van der Waals surface area contributed by atoms with Gasteiger partial charge in [-0.05, 0) is 31.4 Å². The van der Waals surface area contributed by atoms with Crippen LogP contribution in [0.2, 0.25) is 0 Å². The van der Waals surface area contributed by atoms with Crippen LogP contribution >= 0.6 is 0 Å². The first kappa shape index (κ1) is 11.5. The molecular formula is C13H16F2O. The third-order valence-electron chi connectivity index (χ3n) is 3.42. The molecule has 1 aliphatic carbocycles. The standard InChI is InChI=1S/C13H16F2O/c1-8-6-7-10(14)12(13(8)15)9-4-2-3-5-11(9)16/h6-7,9,11,16H,2-5H2,1H3. The van der Waals surface area contributed by atoms with Gasteiger partial charge in [-0.25, -0.2) is 8.78 Å². The van der Waals surface area contributed by atoms with E-state index in [9.17, 15) is 13.9 Å². The summed E-state index contributed by atoms with van der Waals surface area (Å²) in [4.78, 5) is 0. The first-order valence-electron chi connectivity index (χ1n) is 5.74. The molecule has 1 nitrogen and oxygen atoms in total. The second-order valence-electron chi connectivity index (χ2n) is 4.55. The van der Waals surface area contributed by atoms with E-state index in [1.807, 2.05) is 0 Å². The van der Waals surface area contributed by atoms with Gasteiger partial charge in [0.25, 0.3) is 0 Å². The van der Waals surface area contributed by atoms with E-state index >= 15 is 0 Å². The molecule has 0 aliphatic heterocycles. The summed E-state index contributed by atoms with van der Waals surface area (Å²) in [5, 5.41) is 9.83. The molecule has 0 aromatic heterocycles. The molecule has 88 valence electrons. The second kappa shape index (κ2) is 4.50. The summed E-state index contributed by atoms with van der Waals surface area (Å²) >= 11 is 0. The molecule has 3 heteroatoms. The highest BCUT2D eigenvalue weighted by Gasteiger charge is 2.29. The van der Waals surface area contributed by atoms with E-state index in [1.165, 1.54) is 12.1 Å². The Kier molecular flexibility index (Phi) is 3.24. The van der Waals surface area contributed by atoms with Crippen LogP contribution in [0.5, 0.6) is 0 Å². The first-order chi connectivity index (χ1) is 7.61. The molecule has 1 aliphatic rings. The summed E-state index contributed by atoms with van der Waals surface area (Å²) in [5.41, 5.74) is 0.515. The molecule has 0 heterocycles. The number of aliphatic hydroxyl groups is 1. The van der Waals surface area contributed by atoms with Gasteiger partial charge in [0.15, 0.2) is 0 Å². The van der Waals surface area contributed by atoms with Crippen molar-refractivity contribution in [2.24, 2.45) is 0 Å². The molecule has 0 radical (unpaired) electrons. The minimum Gasteiger partial charge on any atom is -0.392 e. The zero-order valence-corrected chi connectivity index (χ0v) is 9.34. The van der Waals surface area contributed by atoms with Gasteiger partial charge in [0.2, 0.25) is 0 Å². The highest BCUT2D eigenvalue weighted by Crippen LogP contribution is 2.36. The van der Waals surface area contributed by atoms with Crippen molar-refractivity contribution in [2.45, 2.75) is 44.6 Å². The van der Waals surface area contributed by atoms with Crippen LogP contribution in [0, 0.1) is 18.6 Å². The quantitative estimate of drug-likeness (QED) is 0.779. The largest absolute Gasteiger partial charge is 0.392 e. The summed E-state index contributed by atoms with van der Waals surface area (Å²) in [6, 6.07) is 2.72. The molecule has 1 fully saturated rings. The summed E-state index contributed by atoms with van der Waals surface area (Å²) in [7, 11) is 0. The fourth-order valence-electron chi connectivity index (χ4n) is 2.47. The maximum atomic E-state index is 13.9. The highest BCUT2D eigenvalue weighted by molar-refractivity contribution is 5.30. The topological polar surface area (TPSA) is 20.2 Å². The van der Waals surface area contributed by atoms with Crippen LogP contribution in [-0.2, 0) is 0 Å². The Balaban J connectivity index is 2.42. The van der Waals surface area contributed by atoms with Crippen molar-refractivity contribution < 1.29 is 13.9 Å². The maximum absolute atomic E-state index is 13.9. The summed E-state index contributed by atoms with van der Waals surface area (Å²) in [6.45, 7) is 1.62. The van der Waals surface area contributed by atoms with Gasteiger partial charge in [-0.2, -0.15) is 0 Å². The molecule has 0 saturated heterocycles. The van der Waals surface area contributed by atoms with E-state index in [2.05, 4.69) is 0 Å². The van der Waals surface area contributed by atoms with Crippen molar-refractivity contribution >= 4 is 0 Å². The zero-order chi connectivity index (χ0) is 11.7. The van der Waals surface area contributed by atoms with E-state index in [4.69, 9.17) is 0 Å². The molecule has 0 bridgehead atoms. The fraction of sp³-hybridized carbons (Fsp3) is 0.538. The van der Waals surface area contributed by atoms with Crippen LogP contribution in [0.3, 0.4) is 0 Å². The molecular weight excluding hydrogens is 210 g/mol. The van der Waals surface area contributed by atoms with Gasteiger partial charge in [0.1, 0.15) is 11.6 Å². The fourth-order valence-corrected chi connectivity index (χ4v) is 2.47. The number of hydrogen-bond acceptors (Lipinski definition) is 1. The summed E-state index contributed by atoms with van der Waals surface area (Å²) in [6.07, 6.45) is 2.55. The monoisotopic (exact) mass is 226 g/mol. The van der Waals surface area contributed by atoms with E-state index in [1.54, 1.807) is 6.92 Å². The predicted octanol–water partition coefficient (Wildman–Crippen LogP) is 3.29. The van der Waals surface area contributed by atoms with Gasteiger partial charge in [-0.3, -0.25) is 0 Å². The van der Waals surface area contributed by atoms with Gasteiger partial charge in [-0.1, -0.05) is 18.9 Å². The zero-order valence-electron chi connectivity index (χ0n) is 9.34. The van der Waals surface area contributed by atoms with Crippen LogP contribution in [-0.4, -0.2) is 11.2 Å². The molecule has 1 aromatic rings. The van der Waals surface area contributed by atoms with Crippen molar-refractivity contribution in [3.63, 3.8) is 0 Å². The maximum Gasteiger partial charge on any atom is 0.132 e. The van der Waals surface area contributed by atoms with Crippen LogP contribution < -0.4 is 0 Å². The third-order valence-corrected chi connectivity index (χ3v) is 3.42. The normalized spacial score (nSPS) is 25.8. The van der Waals surface area contributed by atoms with Crippen LogP contribution in [0.25, 0.3) is 0 Å². The molecule has 1 aromatic carbocycles. The average Bonchev–Trinajstić information content (AvgIpc) is 2.27. The number of rotatable bonds is 1. The number of aryl methyl sites for hydroxylation is 1. The molecule has 2 rings (SSSR count). The van der Waals surface area contributed by atoms with E-state index in [-0.39, 0.29) is 11.5 Å². The lowest BCUT2D eigenvalue weighted by Gasteiger charge is -2.28. The second-order valence-corrected chi connectivity index (χ2v) is 4.55. The third kappa shape index (κ3) is 1.96. The van der Waals surface area contributed by atoms with Crippen molar-refractivity contribution in [3.8, 4) is 0 Å². The van der Waals surface area contributed by atoms with Crippen molar-refractivity contribution in [3.05, 3.63) is 34.9 Å². The van der Waals surface area contributed by atoms with Gasteiger partial charge in [0, 0.05) is 11.5 Å². The van der Waals surface area contributed by atoms with Crippen molar-refractivity contribution in [1.82, 2.24) is 0 Å². The van der Waals surface area contributed by atoms with Crippen LogP contribution in [0.15, 0.2) is 12.1 Å². The molecule has 0 amide bonds. The lowest BCUT2D eigenvalue weighted by Crippen LogP contribution is -2.24. The number of halogens is 2.